The highest BCUT2D eigenvalue weighted by Gasteiger charge is 2.21. The standard InChI is InChI=1S/C50H35N3O/c1-32-20-24-34-12-8-10-18-40(34)44(32)45-36(28-30-42-46-41-19-11-9-13-35(41)29-31-43(46)54-47(42)45)25-21-33-22-26-39(27-23-33)50-52-48(37-14-4-2-5-15-37)51-49(53-50)38-16-6-3-7-17-38/h2-20,22-24,26-31H,21,25H2,1H3. The van der Waals surface area contributed by atoms with Gasteiger partial charge in [0.05, 0.1) is 0 Å². The van der Waals surface area contributed by atoms with E-state index in [4.69, 9.17) is 19.4 Å². The van der Waals surface area contributed by atoms with E-state index in [0.29, 0.717) is 17.5 Å². The highest BCUT2D eigenvalue weighted by atomic mass is 16.3. The van der Waals surface area contributed by atoms with E-state index in [1.54, 1.807) is 0 Å². The van der Waals surface area contributed by atoms with Crippen LogP contribution in [0.15, 0.2) is 174 Å². The van der Waals surface area contributed by atoms with E-state index in [0.717, 1.165) is 46.1 Å². The fraction of sp³-hybridized carbons (Fsp3) is 0.0600. The van der Waals surface area contributed by atoms with Gasteiger partial charge in [-0.2, -0.15) is 0 Å². The molecule has 10 rings (SSSR count). The average Bonchev–Trinajstić information content (AvgIpc) is 3.63. The summed E-state index contributed by atoms with van der Waals surface area (Å²) in [7, 11) is 0. The molecule has 54 heavy (non-hydrogen) atoms. The van der Waals surface area contributed by atoms with Crippen LogP contribution in [0.25, 0.3) is 88.8 Å². The minimum atomic E-state index is 0.658. The van der Waals surface area contributed by atoms with Crippen LogP contribution >= 0.6 is 0 Å². The molecular weight excluding hydrogens is 659 g/mol. The van der Waals surface area contributed by atoms with Crippen LogP contribution in [0, 0.1) is 6.92 Å². The fourth-order valence-corrected chi connectivity index (χ4v) is 7.88. The van der Waals surface area contributed by atoms with Gasteiger partial charge in [0.25, 0.3) is 0 Å². The Balaban J connectivity index is 1.05. The molecule has 0 spiro atoms. The van der Waals surface area contributed by atoms with Crippen molar-refractivity contribution in [2.75, 3.05) is 0 Å². The summed E-state index contributed by atoms with van der Waals surface area (Å²) in [6, 6.07) is 59.5. The van der Waals surface area contributed by atoms with E-state index in [-0.39, 0.29) is 0 Å². The van der Waals surface area contributed by atoms with Gasteiger partial charge in [0.1, 0.15) is 11.2 Å². The lowest BCUT2D eigenvalue weighted by atomic mass is 9.87. The Morgan fingerprint density at radius 1 is 0.426 bits per heavy atom. The van der Waals surface area contributed by atoms with E-state index in [1.807, 2.05) is 60.7 Å². The molecule has 0 radical (unpaired) electrons. The normalized spacial score (nSPS) is 11.6. The lowest BCUT2D eigenvalue weighted by Crippen LogP contribution is -2.00. The van der Waals surface area contributed by atoms with Crippen molar-refractivity contribution in [3.63, 3.8) is 0 Å². The van der Waals surface area contributed by atoms with Crippen molar-refractivity contribution in [3.05, 3.63) is 187 Å². The lowest BCUT2D eigenvalue weighted by Gasteiger charge is -2.16. The maximum absolute atomic E-state index is 6.87. The Hall–Kier alpha value is -6.91. The van der Waals surface area contributed by atoms with Gasteiger partial charge in [0, 0.05) is 33.0 Å². The highest BCUT2D eigenvalue weighted by Crippen LogP contribution is 2.44. The number of aromatic nitrogens is 3. The second-order valence-corrected chi connectivity index (χ2v) is 14.0. The first-order valence-corrected chi connectivity index (χ1v) is 18.5. The number of benzene rings is 8. The molecule has 0 amide bonds. The van der Waals surface area contributed by atoms with Crippen molar-refractivity contribution < 1.29 is 4.42 Å². The van der Waals surface area contributed by atoms with Crippen LogP contribution in [0.5, 0.6) is 0 Å². The SMILES string of the molecule is Cc1ccc2ccccc2c1-c1c(CCc2ccc(-c3nc(-c4ccccc4)nc(-c4ccccc4)n3)cc2)ccc2c1oc1ccc3ccccc3c12. The maximum atomic E-state index is 6.87. The molecule has 4 nitrogen and oxygen atoms in total. The third kappa shape index (κ3) is 5.60. The fourth-order valence-electron chi connectivity index (χ4n) is 7.88. The Kier molecular flexibility index (Phi) is 7.80. The average molecular weight is 694 g/mol. The molecule has 8 aromatic carbocycles. The molecule has 0 bridgehead atoms. The monoisotopic (exact) mass is 693 g/mol. The van der Waals surface area contributed by atoms with Gasteiger partial charge in [-0.15, -0.1) is 0 Å². The molecule has 0 N–H and O–H groups in total. The van der Waals surface area contributed by atoms with Gasteiger partial charge in [0.2, 0.25) is 0 Å². The van der Waals surface area contributed by atoms with Crippen LogP contribution < -0.4 is 0 Å². The zero-order valence-corrected chi connectivity index (χ0v) is 29.8. The number of hydrogen-bond donors (Lipinski definition) is 0. The van der Waals surface area contributed by atoms with Crippen LogP contribution in [0.2, 0.25) is 0 Å². The second-order valence-electron chi connectivity index (χ2n) is 14.0. The van der Waals surface area contributed by atoms with Gasteiger partial charge in [0.15, 0.2) is 17.5 Å². The van der Waals surface area contributed by atoms with Crippen molar-refractivity contribution in [2.45, 2.75) is 19.8 Å². The molecule has 0 aliphatic carbocycles. The predicted molar refractivity (Wildman–Crippen MR) is 222 cm³/mol. The van der Waals surface area contributed by atoms with Crippen LogP contribution in [-0.4, -0.2) is 15.0 Å². The molecule has 4 heteroatoms. The molecule has 2 heterocycles. The molecule has 0 saturated heterocycles. The summed E-state index contributed by atoms with van der Waals surface area (Å²) >= 11 is 0. The van der Waals surface area contributed by atoms with Gasteiger partial charge in [-0.25, -0.2) is 15.0 Å². The first-order chi connectivity index (χ1) is 26.7. The summed E-state index contributed by atoms with van der Waals surface area (Å²) in [4.78, 5) is 14.7. The van der Waals surface area contributed by atoms with Gasteiger partial charge in [-0.05, 0) is 69.6 Å². The van der Waals surface area contributed by atoms with E-state index in [2.05, 4.69) is 116 Å². The van der Waals surface area contributed by atoms with Crippen molar-refractivity contribution >= 4 is 43.5 Å². The van der Waals surface area contributed by atoms with Crippen LogP contribution in [0.4, 0.5) is 0 Å². The number of nitrogens with zero attached hydrogens (tertiary/aromatic N) is 3. The van der Waals surface area contributed by atoms with Crippen molar-refractivity contribution in [1.29, 1.82) is 0 Å². The molecule has 0 atom stereocenters. The van der Waals surface area contributed by atoms with Gasteiger partial charge >= 0.3 is 0 Å². The molecule has 0 aliphatic heterocycles. The van der Waals surface area contributed by atoms with Crippen LogP contribution in [0.1, 0.15) is 16.7 Å². The minimum absolute atomic E-state index is 0.658. The topological polar surface area (TPSA) is 51.8 Å². The summed E-state index contributed by atoms with van der Waals surface area (Å²) < 4.78 is 6.87. The number of fused-ring (bicyclic) bond motifs is 6. The third-order valence-corrected chi connectivity index (χ3v) is 10.6. The highest BCUT2D eigenvalue weighted by molar-refractivity contribution is 6.22. The van der Waals surface area contributed by atoms with Gasteiger partial charge < -0.3 is 4.42 Å². The number of aryl methyl sites for hydroxylation is 3. The van der Waals surface area contributed by atoms with Crippen molar-refractivity contribution in [2.24, 2.45) is 0 Å². The smallest absolute Gasteiger partial charge is 0.164 e. The number of rotatable bonds is 7. The predicted octanol–water partition coefficient (Wildman–Crippen LogP) is 12.8. The molecule has 0 unspecified atom stereocenters. The van der Waals surface area contributed by atoms with E-state index >= 15 is 0 Å². The quantitative estimate of drug-likeness (QED) is 0.167. The molecule has 2 aromatic heterocycles. The largest absolute Gasteiger partial charge is 0.455 e. The Morgan fingerprint density at radius 3 is 1.65 bits per heavy atom. The maximum Gasteiger partial charge on any atom is 0.164 e. The van der Waals surface area contributed by atoms with Gasteiger partial charge in [-0.3, -0.25) is 0 Å². The second kappa shape index (κ2) is 13.3. The minimum Gasteiger partial charge on any atom is -0.455 e. The zero-order valence-electron chi connectivity index (χ0n) is 29.8. The molecular formula is C50H35N3O. The first-order valence-electron chi connectivity index (χ1n) is 18.5. The summed E-state index contributed by atoms with van der Waals surface area (Å²) in [6.45, 7) is 2.22. The summed E-state index contributed by atoms with van der Waals surface area (Å²) in [5, 5.41) is 7.22. The molecule has 0 aliphatic rings. The Labute approximate surface area is 313 Å². The van der Waals surface area contributed by atoms with Crippen LogP contribution in [-0.2, 0) is 12.8 Å². The van der Waals surface area contributed by atoms with Crippen molar-refractivity contribution in [3.8, 4) is 45.3 Å². The summed E-state index contributed by atoms with van der Waals surface area (Å²) in [6.07, 6.45) is 1.72. The summed E-state index contributed by atoms with van der Waals surface area (Å²) in [5.74, 6) is 1.98. The molecule has 10 aromatic rings. The third-order valence-electron chi connectivity index (χ3n) is 10.6. The first kappa shape index (κ1) is 31.8. The van der Waals surface area contributed by atoms with E-state index < -0.39 is 0 Å². The number of furan rings is 1. The molecule has 0 fully saturated rings. The summed E-state index contributed by atoms with van der Waals surface area (Å²) in [5.41, 5.74) is 10.9. The van der Waals surface area contributed by atoms with Crippen LogP contribution in [0.3, 0.4) is 0 Å². The Morgan fingerprint density at radius 2 is 0.981 bits per heavy atom. The van der Waals surface area contributed by atoms with E-state index in [9.17, 15) is 0 Å². The molecule has 256 valence electrons. The molecule has 0 saturated carbocycles. The lowest BCUT2D eigenvalue weighted by molar-refractivity contribution is 0.669. The van der Waals surface area contributed by atoms with E-state index in [1.165, 1.54) is 54.7 Å². The number of hydrogen-bond acceptors (Lipinski definition) is 4. The van der Waals surface area contributed by atoms with Crippen molar-refractivity contribution in [1.82, 2.24) is 15.0 Å². The van der Waals surface area contributed by atoms with Gasteiger partial charge in [-0.1, -0.05) is 164 Å². The Bertz CT molecular complexity index is 2930. The zero-order chi connectivity index (χ0) is 36.0.